The summed E-state index contributed by atoms with van der Waals surface area (Å²) in [5, 5.41) is 0. The van der Waals surface area contributed by atoms with Gasteiger partial charge in [0.2, 0.25) is 11.8 Å². The van der Waals surface area contributed by atoms with Gasteiger partial charge in [0.25, 0.3) is 0 Å². The summed E-state index contributed by atoms with van der Waals surface area (Å²) in [6, 6.07) is 7.70. The molecule has 0 saturated heterocycles. The molecule has 1 saturated carbocycles. The molecular formula is C17H22ClF2NO2. The molecule has 1 amide bonds. The maximum absolute atomic E-state index is 13.2. The number of carbonyl (C=O) groups is 1. The fourth-order valence-electron chi connectivity index (χ4n) is 3.29. The highest BCUT2D eigenvalue weighted by Gasteiger charge is 2.54. The first-order valence-corrected chi connectivity index (χ1v) is 8.09. The Balaban J connectivity index is 2.07. The lowest BCUT2D eigenvalue weighted by Crippen LogP contribution is -2.51. The van der Waals surface area contributed by atoms with Gasteiger partial charge in [-0.2, -0.15) is 0 Å². The summed E-state index contributed by atoms with van der Waals surface area (Å²) in [5.74, 6) is -2.99. The van der Waals surface area contributed by atoms with Crippen LogP contribution in [0.2, 0.25) is 0 Å². The SMILES string of the molecule is COCc1cccc(CN(CC2(C)CC(F)(F)C2)C(=O)CCl)c1. The van der Waals surface area contributed by atoms with E-state index in [1.54, 1.807) is 18.9 Å². The van der Waals surface area contributed by atoms with E-state index in [-0.39, 0.29) is 24.6 Å². The summed E-state index contributed by atoms with van der Waals surface area (Å²) in [6.45, 7) is 2.94. The van der Waals surface area contributed by atoms with Gasteiger partial charge < -0.3 is 9.64 Å². The summed E-state index contributed by atoms with van der Waals surface area (Å²) >= 11 is 5.68. The van der Waals surface area contributed by atoms with Crippen LogP contribution in [-0.4, -0.2) is 36.3 Å². The van der Waals surface area contributed by atoms with Gasteiger partial charge in [0.1, 0.15) is 5.88 Å². The van der Waals surface area contributed by atoms with Gasteiger partial charge in [-0.05, 0) is 16.5 Å². The lowest BCUT2D eigenvalue weighted by atomic mass is 9.67. The topological polar surface area (TPSA) is 29.5 Å². The average molecular weight is 346 g/mol. The zero-order valence-corrected chi connectivity index (χ0v) is 14.2. The number of methoxy groups -OCH3 is 1. The van der Waals surface area contributed by atoms with Crippen LogP contribution in [0, 0.1) is 5.41 Å². The highest BCUT2D eigenvalue weighted by Crippen LogP contribution is 2.52. The Morgan fingerprint density at radius 1 is 1.35 bits per heavy atom. The number of ether oxygens (including phenoxy) is 1. The predicted molar refractivity (Wildman–Crippen MR) is 85.6 cm³/mol. The minimum absolute atomic E-state index is 0.149. The van der Waals surface area contributed by atoms with E-state index in [1.165, 1.54) is 0 Å². The van der Waals surface area contributed by atoms with Crippen LogP contribution in [0.1, 0.15) is 30.9 Å². The van der Waals surface area contributed by atoms with Crippen LogP contribution in [0.15, 0.2) is 24.3 Å². The molecular weight excluding hydrogens is 324 g/mol. The van der Waals surface area contributed by atoms with Gasteiger partial charge in [0, 0.05) is 33.0 Å². The number of hydrogen-bond donors (Lipinski definition) is 0. The first-order chi connectivity index (χ1) is 10.8. The molecule has 0 radical (unpaired) electrons. The van der Waals surface area contributed by atoms with Crippen molar-refractivity contribution in [2.45, 2.75) is 38.8 Å². The van der Waals surface area contributed by atoms with Crippen LogP contribution in [0.5, 0.6) is 0 Å². The number of hydrogen-bond acceptors (Lipinski definition) is 2. The minimum atomic E-state index is -2.61. The average Bonchev–Trinajstić information content (AvgIpc) is 2.44. The second-order valence-electron chi connectivity index (χ2n) is 6.66. The number of carbonyl (C=O) groups excluding carboxylic acids is 1. The highest BCUT2D eigenvalue weighted by molar-refractivity contribution is 6.27. The Morgan fingerprint density at radius 2 is 2.00 bits per heavy atom. The summed E-state index contributed by atoms with van der Waals surface area (Å²) in [7, 11) is 1.62. The molecule has 2 rings (SSSR count). The molecule has 128 valence electrons. The Kier molecular flexibility index (Phi) is 5.63. The van der Waals surface area contributed by atoms with E-state index >= 15 is 0 Å². The van der Waals surface area contributed by atoms with Gasteiger partial charge in [0.05, 0.1) is 6.61 Å². The first-order valence-electron chi connectivity index (χ1n) is 7.55. The van der Waals surface area contributed by atoms with E-state index < -0.39 is 11.3 Å². The van der Waals surface area contributed by atoms with Crippen molar-refractivity contribution >= 4 is 17.5 Å². The molecule has 1 aromatic carbocycles. The summed E-state index contributed by atoms with van der Waals surface area (Å²) < 4.78 is 31.5. The number of alkyl halides is 3. The second kappa shape index (κ2) is 7.14. The lowest BCUT2D eigenvalue weighted by molar-refractivity contribution is -0.166. The molecule has 1 aliphatic rings. The first kappa shape index (κ1) is 18.1. The largest absolute Gasteiger partial charge is 0.380 e. The third-order valence-corrected chi connectivity index (χ3v) is 4.31. The fourth-order valence-corrected chi connectivity index (χ4v) is 3.46. The molecule has 0 N–H and O–H groups in total. The Morgan fingerprint density at radius 3 is 2.57 bits per heavy atom. The van der Waals surface area contributed by atoms with Crippen molar-refractivity contribution in [1.29, 1.82) is 0 Å². The molecule has 0 atom stereocenters. The van der Waals surface area contributed by atoms with Gasteiger partial charge >= 0.3 is 0 Å². The number of halogens is 3. The molecule has 1 aliphatic carbocycles. The Labute approximate surface area is 140 Å². The van der Waals surface area contributed by atoms with E-state index in [2.05, 4.69) is 0 Å². The van der Waals surface area contributed by atoms with E-state index in [0.29, 0.717) is 19.7 Å². The van der Waals surface area contributed by atoms with Gasteiger partial charge in [0.15, 0.2) is 0 Å². The maximum Gasteiger partial charge on any atom is 0.249 e. The third-order valence-electron chi connectivity index (χ3n) is 4.09. The quantitative estimate of drug-likeness (QED) is 0.703. The van der Waals surface area contributed by atoms with Crippen molar-refractivity contribution in [1.82, 2.24) is 4.90 Å². The Hall–Kier alpha value is -1.20. The standard InChI is InChI=1S/C17H22ClF2NO2/c1-16(10-17(19,20)11-16)12-21(15(22)7-18)8-13-4-3-5-14(6-13)9-23-2/h3-6H,7-12H2,1-2H3. The molecule has 0 aromatic heterocycles. The molecule has 6 heteroatoms. The van der Waals surface area contributed by atoms with Crippen molar-refractivity contribution in [2.75, 3.05) is 19.5 Å². The smallest absolute Gasteiger partial charge is 0.249 e. The highest BCUT2D eigenvalue weighted by atomic mass is 35.5. The number of amides is 1. The summed E-state index contributed by atoms with van der Waals surface area (Å²) in [5.41, 5.74) is 1.40. The van der Waals surface area contributed by atoms with Gasteiger partial charge in [-0.15, -0.1) is 11.6 Å². The van der Waals surface area contributed by atoms with Gasteiger partial charge in [-0.3, -0.25) is 4.79 Å². The lowest BCUT2D eigenvalue weighted by Gasteiger charge is -2.47. The maximum atomic E-state index is 13.2. The zero-order valence-electron chi connectivity index (χ0n) is 13.4. The van der Waals surface area contributed by atoms with Crippen LogP contribution in [0.3, 0.4) is 0 Å². The monoisotopic (exact) mass is 345 g/mol. The number of benzene rings is 1. The van der Waals surface area contributed by atoms with E-state index in [4.69, 9.17) is 16.3 Å². The van der Waals surface area contributed by atoms with Gasteiger partial charge in [-0.1, -0.05) is 31.2 Å². The van der Waals surface area contributed by atoms with E-state index in [9.17, 15) is 13.6 Å². The van der Waals surface area contributed by atoms with E-state index in [1.807, 2.05) is 24.3 Å². The zero-order chi connectivity index (χ0) is 17.1. The molecule has 0 spiro atoms. The van der Waals surface area contributed by atoms with Crippen LogP contribution >= 0.6 is 11.6 Å². The van der Waals surface area contributed by atoms with E-state index in [0.717, 1.165) is 11.1 Å². The van der Waals surface area contributed by atoms with Crippen LogP contribution in [0.25, 0.3) is 0 Å². The van der Waals surface area contributed by atoms with Gasteiger partial charge in [-0.25, -0.2) is 8.78 Å². The molecule has 0 unspecified atom stereocenters. The van der Waals surface area contributed by atoms with Crippen molar-refractivity contribution in [3.63, 3.8) is 0 Å². The van der Waals surface area contributed by atoms with Crippen LogP contribution < -0.4 is 0 Å². The summed E-state index contributed by atoms with van der Waals surface area (Å²) in [4.78, 5) is 13.7. The molecule has 23 heavy (non-hydrogen) atoms. The Bertz CT molecular complexity index is 557. The third kappa shape index (κ3) is 4.88. The van der Waals surface area contributed by atoms with Crippen molar-refractivity contribution in [2.24, 2.45) is 5.41 Å². The molecule has 0 bridgehead atoms. The molecule has 0 aliphatic heterocycles. The van der Waals surface area contributed by atoms with Crippen molar-refractivity contribution in [3.05, 3.63) is 35.4 Å². The number of rotatable bonds is 7. The molecule has 1 fully saturated rings. The minimum Gasteiger partial charge on any atom is -0.380 e. The predicted octanol–water partition coefficient (Wildman–Crippen LogP) is 3.84. The second-order valence-corrected chi connectivity index (χ2v) is 6.92. The normalized spacial score (nSPS) is 18.3. The number of nitrogens with zero attached hydrogens (tertiary/aromatic N) is 1. The fraction of sp³-hybridized carbons (Fsp3) is 0.588. The van der Waals surface area contributed by atoms with Crippen molar-refractivity contribution < 1.29 is 18.3 Å². The van der Waals surface area contributed by atoms with Crippen molar-refractivity contribution in [3.8, 4) is 0 Å². The molecule has 3 nitrogen and oxygen atoms in total. The molecule has 1 aromatic rings. The van der Waals surface area contributed by atoms with Crippen LogP contribution in [-0.2, 0) is 22.7 Å². The van der Waals surface area contributed by atoms with Crippen LogP contribution in [0.4, 0.5) is 8.78 Å². The molecule has 0 heterocycles. The summed E-state index contributed by atoms with van der Waals surface area (Å²) in [6.07, 6.45) is -0.369.